The number of benzene rings is 1. The van der Waals surface area contributed by atoms with Crippen LogP contribution < -0.4 is 0 Å². The number of oxazole rings is 1. The number of carbonyl (C=O) groups is 1. The van der Waals surface area contributed by atoms with Crippen molar-refractivity contribution in [3.63, 3.8) is 0 Å². The summed E-state index contributed by atoms with van der Waals surface area (Å²) >= 11 is 0. The standard InChI is InChI=1S/C24H30N4O2/c1-17(2)13-19-15-22(27(3)26-19)24(29)28-12-8-7-11-21(28)23-25-16-20(30-23)14-18-9-5-4-6-10-18/h4-6,9-10,15-17,21H,7-8,11-14H2,1-3H3/t21-/m1/s1. The van der Waals surface area contributed by atoms with Gasteiger partial charge in [0, 0.05) is 20.0 Å². The monoisotopic (exact) mass is 406 g/mol. The molecule has 0 spiro atoms. The molecule has 1 fully saturated rings. The van der Waals surface area contributed by atoms with Crippen LogP contribution in [0, 0.1) is 5.92 Å². The van der Waals surface area contributed by atoms with Crippen LogP contribution in [0.3, 0.4) is 0 Å². The highest BCUT2D eigenvalue weighted by atomic mass is 16.4. The van der Waals surface area contributed by atoms with Crippen LogP contribution in [0.15, 0.2) is 47.0 Å². The van der Waals surface area contributed by atoms with E-state index in [2.05, 4.69) is 36.1 Å². The number of amides is 1. The first kappa shape index (κ1) is 20.4. The molecule has 3 heterocycles. The van der Waals surface area contributed by atoms with Gasteiger partial charge in [-0.2, -0.15) is 5.10 Å². The van der Waals surface area contributed by atoms with Crippen molar-refractivity contribution < 1.29 is 9.21 Å². The fraction of sp³-hybridized carbons (Fsp3) is 0.458. The van der Waals surface area contributed by atoms with Crippen molar-refractivity contribution in [3.8, 4) is 0 Å². The first-order chi connectivity index (χ1) is 14.5. The first-order valence-electron chi connectivity index (χ1n) is 10.8. The van der Waals surface area contributed by atoms with Crippen molar-refractivity contribution in [2.75, 3.05) is 6.54 Å². The van der Waals surface area contributed by atoms with Gasteiger partial charge in [-0.05, 0) is 43.2 Å². The molecule has 6 heteroatoms. The SMILES string of the molecule is CC(C)Cc1cc(C(=O)N2CCCC[C@@H]2c2ncc(Cc3ccccc3)o2)n(C)n1. The minimum absolute atomic E-state index is 0.00696. The molecule has 2 aromatic heterocycles. The van der Waals surface area contributed by atoms with Gasteiger partial charge in [-0.15, -0.1) is 0 Å². The molecule has 1 aromatic carbocycles. The summed E-state index contributed by atoms with van der Waals surface area (Å²) in [5.41, 5.74) is 2.78. The molecule has 3 aromatic rings. The van der Waals surface area contributed by atoms with Crippen LogP contribution in [0.5, 0.6) is 0 Å². The van der Waals surface area contributed by atoms with Crippen LogP contribution in [0.25, 0.3) is 0 Å². The molecule has 30 heavy (non-hydrogen) atoms. The van der Waals surface area contributed by atoms with Gasteiger partial charge in [0.1, 0.15) is 17.5 Å². The third kappa shape index (κ3) is 4.48. The van der Waals surface area contributed by atoms with E-state index in [-0.39, 0.29) is 11.9 Å². The van der Waals surface area contributed by atoms with Crippen molar-refractivity contribution in [1.29, 1.82) is 0 Å². The highest BCUT2D eigenvalue weighted by Gasteiger charge is 2.33. The van der Waals surface area contributed by atoms with Gasteiger partial charge >= 0.3 is 0 Å². The summed E-state index contributed by atoms with van der Waals surface area (Å²) in [5.74, 6) is 1.97. The number of likely N-dealkylation sites (tertiary alicyclic amines) is 1. The highest BCUT2D eigenvalue weighted by Crippen LogP contribution is 2.32. The Bertz CT molecular complexity index is 990. The molecule has 1 aliphatic rings. The third-order valence-corrected chi connectivity index (χ3v) is 5.61. The molecule has 0 unspecified atom stereocenters. The molecule has 1 saturated heterocycles. The van der Waals surface area contributed by atoms with Gasteiger partial charge in [-0.25, -0.2) is 4.98 Å². The van der Waals surface area contributed by atoms with Gasteiger partial charge in [-0.3, -0.25) is 9.48 Å². The van der Waals surface area contributed by atoms with E-state index in [4.69, 9.17) is 4.42 Å². The lowest BCUT2D eigenvalue weighted by atomic mass is 10.0. The molecule has 1 atom stereocenters. The highest BCUT2D eigenvalue weighted by molar-refractivity contribution is 5.93. The summed E-state index contributed by atoms with van der Waals surface area (Å²) in [6.45, 7) is 5.03. The number of nitrogens with zero attached hydrogens (tertiary/aromatic N) is 4. The van der Waals surface area contributed by atoms with Crippen LogP contribution >= 0.6 is 0 Å². The molecule has 0 saturated carbocycles. The smallest absolute Gasteiger partial charge is 0.272 e. The number of aromatic nitrogens is 3. The average molecular weight is 407 g/mol. The molecule has 4 rings (SSSR count). The summed E-state index contributed by atoms with van der Waals surface area (Å²) in [6.07, 6.45) is 6.30. The minimum Gasteiger partial charge on any atom is -0.443 e. The zero-order chi connectivity index (χ0) is 21.1. The van der Waals surface area contributed by atoms with Crippen molar-refractivity contribution in [3.05, 3.63) is 71.2 Å². The molecule has 0 N–H and O–H groups in total. The Morgan fingerprint density at radius 1 is 1.23 bits per heavy atom. The van der Waals surface area contributed by atoms with Crippen LogP contribution in [-0.4, -0.2) is 32.1 Å². The molecule has 1 aliphatic heterocycles. The Kier molecular flexibility index (Phi) is 6.02. The topological polar surface area (TPSA) is 64.2 Å². The first-order valence-corrected chi connectivity index (χ1v) is 10.8. The van der Waals surface area contributed by atoms with Gasteiger partial charge in [0.15, 0.2) is 0 Å². The Morgan fingerprint density at radius 2 is 2.03 bits per heavy atom. The predicted molar refractivity (Wildman–Crippen MR) is 115 cm³/mol. The number of rotatable bonds is 6. The summed E-state index contributed by atoms with van der Waals surface area (Å²) in [4.78, 5) is 19.9. The number of piperidine rings is 1. The lowest BCUT2D eigenvalue weighted by Gasteiger charge is -2.33. The largest absolute Gasteiger partial charge is 0.443 e. The Morgan fingerprint density at radius 3 is 2.80 bits per heavy atom. The van der Waals surface area contributed by atoms with Crippen molar-refractivity contribution >= 4 is 5.91 Å². The zero-order valence-electron chi connectivity index (χ0n) is 18.0. The van der Waals surface area contributed by atoms with E-state index in [1.54, 1.807) is 10.9 Å². The molecular formula is C24H30N4O2. The maximum atomic E-state index is 13.4. The number of hydrogen-bond donors (Lipinski definition) is 0. The van der Waals surface area contributed by atoms with Gasteiger partial charge in [0.25, 0.3) is 5.91 Å². The van der Waals surface area contributed by atoms with E-state index in [0.717, 1.165) is 37.1 Å². The molecule has 1 amide bonds. The van der Waals surface area contributed by atoms with Crippen molar-refractivity contribution in [1.82, 2.24) is 19.7 Å². The molecule has 0 radical (unpaired) electrons. The van der Waals surface area contributed by atoms with Crippen molar-refractivity contribution in [2.24, 2.45) is 13.0 Å². The maximum Gasteiger partial charge on any atom is 0.272 e. The number of aryl methyl sites for hydroxylation is 1. The van der Waals surface area contributed by atoms with Crippen molar-refractivity contribution in [2.45, 2.75) is 52.0 Å². The van der Waals surface area contributed by atoms with Crippen LogP contribution in [0.2, 0.25) is 0 Å². The van der Waals surface area contributed by atoms with Gasteiger partial charge < -0.3 is 9.32 Å². The quantitative estimate of drug-likeness (QED) is 0.602. The third-order valence-electron chi connectivity index (χ3n) is 5.61. The number of hydrogen-bond acceptors (Lipinski definition) is 4. The van der Waals surface area contributed by atoms with Crippen LogP contribution in [0.4, 0.5) is 0 Å². The predicted octanol–water partition coefficient (Wildman–Crippen LogP) is 4.56. The second kappa shape index (κ2) is 8.86. The molecular weight excluding hydrogens is 376 g/mol. The summed E-state index contributed by atoms with van der Waals surface area (Å²) < 4.78 is 7.81. The van der Waals surface area contributed by atoms with Crippen LogP contribution in [-0.2, 0) is 19.9 Å². The van der Waals surface area contributed by atoms with Gasteiger partial charge in [-0.1, -0.05) is 44.2 Å². The molecule has 6 nitrogen and oxygen atoms in total. The normalized spacial score (nSPS) is 16.9. The van der Waals surface area contributed by atoms with Gasteiger partial charge in [0.05, 0.1) is 11.9 Å². The summed E-state index contributed by atoms with van der Waals surface area (Å²) in [5, 5.41) is 4.55. The minimum atomic E-state index is -0.126. The fourth-order valence-electron chi connectivity index (χ4n) is 4.18. The van der Waals surface area contributed by atoms with E-state index >= 15 is 0 Å². The fourth-order valence-corrected chi connectivity index (χ4v) is 4.18. The van der Waals surface area contributed by atoms with Gasteiger partial charge in [0.2, 0.25) is 5.89 Å². The summed E-state index contributed by atoms with van der Waals surface area (Å²) in [6, 6.07) is 12.0. The Hall–Kier alpha value is -2.89. The molecule has 0 bridgehead atoms. The lowest BCUT2D eigenvalue weighted by molar-refractivity contribution is 0.0558. The Labute approximate surface area is 177 Å². The van der Waals surface area contributed by atoms with Crippen LogP contribution in [0.1, 0.15) is 72.5 Å². The van der Waals surface area contributed by atoms with E-state index in [0.29, 0.717) is 30.5 Å². The lowest BCUT2D eigenvalue weighted by Crippen LogP contribution is -2.39. The van der Waals surface area contributed by atoms with E-state index in [9.17, 15) is 4.79 Å². The Balaban J connectivity index is 1.53. The second-order valence-corrected chi connectivity index (χ2v) is 8.58. The number of carbonyl (C=O) groups excluding carboxylic acids is 1. The molecule has 0 aliphatic carbocycles. The maximum absolute atomic E-state index is 13.4. The molecule has 158 valence electrons. The zero-order valence-corrected chi connectivity index (χ0v) is 18.0. The summed E-state index contributed by atoms with van der Waals surface area (Å²) in [7, 11) is 1.85. The second-order valence-electron chi connectivity index (χ2n) is 8.58. The van der Waals surface area contributed by atoms with E-state index < -0.39 is 0 Å². The van der Waals surface area contributed by atoms with E-state index in [1.807, 2.05) is 36.2 Å². The average Bonchev–Trinajstić information content (AvgIpc) is 3.34. The van der Waals surface area contributed by atoms with E-state index in [1.165, 1.54) is 5.56 Å².